The van der Waals surface area contributed by atoms with Crippen molar-refractivity contribution in [1.29, 1.82) is 0 Å². The molecule has 2 fully saturated rings. The van der Waals surface area contributed by atoms with Gasteiger partial charge >= 0.3 is 6.03 Å². The summed E-state index contributed by atoms with van der Waals surface area (Å²) in [5, 5.41) is 7.68. The second-order valence-corrected chi connectivity index (χ2v) is 7.61. The molecular formula is C19H17ClN6O3. The van der Waals surface area contributed by atoms with Crippen LogP contribution in [0.2, 0.25) is 5.15 Å². The number of anilines is 1. The fraction of sp³-hybridized carbons (Fsp3) is 0.316. The minimum Gasteiger partial charge on any atom is -0.485 e. The minimum absolute atomic E-state index is 0.0129. The summed E-state index contributed by atoms with van der Waals surface area (Å²) in [6.45, 7) is 0.216. The van der Waals surface area contributed by atoms with Crippen molar-refractivity contribution in [3.05, 3.63) is 47.1 Å². The Morgan fingerprint density at radius 2 is 2.07 bits per heavy atom. The Kier molecular flexibility index (Phi) is 4.13. The number of urea groups is 1. The van der Waals surface area contributed by atoms with E-state index in [4.69, 9.17) is 16.3 Å². The fourth-order valence-corrected chi connectivity index (χ4v) is 3.56. The molecule has 148 valence electrons. The van der Waals surface area contributed by atoms with E-state index >= 15 is 0 Å². The van der Waals surface area contributed by atoms with Gasteiger partial charge in [0.15, 0.2) is 10.8 Å². The van der Waals surface area contributed by atoms with Gasteiger partial charge in [0.25, 0.3) is 0 Å². The number of rotatable bonds is 5. The molecule has 1 aliphatic heterocycles. The summed E-state index contributed by atoms with van der Waals surface area (Å²) < 4.78 is 7.61. The lowest BCUT2D eigenvalue weighted by Crippen LogP contribution is -2.30. The van der Waals surface area contributed by atoms with E-state index in [-0.39, 0.29) is 30.2 Å². The van der Waals surface area contributed by atoms with E-state index in [0.29, 0.717) is 28.7 Å². The summed E-state index contributed by atoms with van der Waals surface area (Å²) in [6, 6.07) is 3.20. The molecule has 3 aromatic rings. The maximum atomic E-state index is 12.5. The zero-order valence-electron chi connectivity index (χ0n) is 15.6. The summed E-state index contributed by atoms with van der Waals surface area (Å²) in [4.78, 5) is 31.8. The van der Waals surface area contributed by atoms with Gasteiger partial charge in [-0.2, -0.15) is 5.10 Å². The number of pyridine rings is 1. The summed E-state index contributed by atoms with van der Waals surface area (Å²) in [6.07, 6.45) is 7.62. The first-order valence-electron chi connectivity index (χ1n) is 9.20. The standard InChI is InChI=1S/C19H17ClN6O3/c1-24-17(27)9-26(19(24)28)15-4-12(11-2-3-11)7-25-8-13(22-18(15)25)10-29-14-5-16(20)23-21-6-14/h4-8,11H,2-3,9-10H2,1H3. The Hall–Kier alpha value is -3.20. The topological polar surface area (TPSA) is 92.9 Å². The van der Waals surface area contributed by atoms with Crippen molar-refractivity contribution in [3.8, 4) is 5.75 Å². The van der Waals surface area contributed by atoms with Crippen LogP contribution >= 0.6 is 11.6 Å². The van der Waals surface area contributed by atoms with Crippen molar-refractivity contribution in [2.24, 2.45) is 0 Å². The molecule has 1 saturated carbocycles. The molecule has 5 rings (SSSR count). The highest BCUT2D eigenvalue weighted by molar-refractivity contribution is 6.29. The lowest BCUT2D eigenvalue weighted by molar-refractivity contribution is -0.123. The summed E-state index contributed by atoms with van der Waals surface area (Å²) in [5.74, 6) is 0.737. The van der Waals surface area contributed by atoms with E-state index in [0.717, 1.165) is 23.3 Å². The molecule has 0 bridgehead atoms. The second kappa shape index (κ2) is 6.70. The van der Waals surface area contributed by atoms with Crippen LogP contribution in [0.3, 0.4) is 0 Å². The third kappa shape index (κ3) is 3.27. The van der Waals surface area contributed by atoms with Gasteiger partial charge < -0.3 is 9.14 Å². The second-order valence-electron chi connectivity index (χ2n) is 7.22. The minimum atomic E-state index is -0.344. The van der Waals surface area contributed by atoms with Crippen molar-refractivity contribution in [2.45, 2.75) is 25.4 Å². The van der Waals surface area contributed by atoms with E-state index in [9.17, 15) is 9.59 Å². The van der Waals surface area contributed by atoms with Crippen molar-refractivity contribution < 1.29 is 14.3 Å². The van der Waals surface area contributed by atoms with Gasteiger partial charge in [-0.05, 0) is 30.4 Å². The van der Waals surface area contributed by atoms with E-state index in [2.05, 4.69) is 15.2 Å². The van der Waals surface area contributed by atoms with Gasteiger partial charge in [0, 0.05) is 25.5 Å². The number of ether oxygens (including phenoxy) is 1. The Labute approximate surface area is 170 Å². The molecule has 4 heterocycles. The predicted molar refractivity (Wildman–Crippen MR) is 104 cm³/mol. The lowest BCUT2D eigenvalue weighted by atomic mass is 10.1. The first-order chi connectivity index (χ1) is 14.0. The first-order valence-corrected chi connectivity index (χ1v) is 9.58. The molecular weight excluding hydrogens is 396 g/mol. The predicted octanol–water partition coefficient (Wildman–Crippen LogP) is 2.63. The van der Waals surface area contributed by atoms with Gasteiger partial charge in [0.2, 0.25) is 5.91 Å². The van der Waals surface area contributed by atoms with Gasteiger partial charge in [-0.25, -0.2) is 9.78 Å². The zero-order valence-corrected chi connectivity index (χ0v) is 16.3. The number of fused-ring (bicyclic) bond motifs is 1. The molecule has 0 atom stereocenters. The quantitative estimate of drug-likeness (QED) is 0.598. The van der Waals surface area contributed by atoms with E-state index in [1.165, 1.54) is 18.1 Å². The Balaban J connectivity index is 1.50. The molecule has 0 aromatic carbocycles. The van der Waals surface area contributed by atoms with Gasteiger partial charge in [-0.3, -0.25) is 14.6 Å². The normalized spacial score (nSPS) is 16.9. The zero-order chi connectivity index (χ0) is 20.1. The van der Waals surface area contributed by atoms with Crippen molar-refractivity contribution in [3.63, 3.8) is 0 Å². The summed E-state index contributed by atoms with van der Waals surface area (Å²) in [7, 11) is 1.49. The number of amides is 3. The Morgan fingerprint density at radius 3 is 2.76 bits per heavy atom. The monoisotopic (exact) mass is 412 g/mol. The highest BCUT2D eigenvalue weighted by Gasteiger charge is 2.36. The first kappa shape index (κ1) is 17.9. The summed E-state index contributed by atoms with van der Waals surface area (Å²) in [5.41, 5.74) is 3.06. The van der Waals surface area contributed by atoms with Crippen LogP contribution in [0.15, 0.2) is 30.7 Å². The van der Waals surface area contributed by atoms with Crippen LogP contribution < -0.4 is 9.64 Å². The molecule has 0 unspecified atom stereocenters. The molecule has 2 aliphatic rings. The maximum Gasteiger partial charge on any atom is 0.331 e. The van der Waals surface area contributed by atoms with Gasteiger partial charge in [0.1, 0.15) is 18.9 Å². The largest absolute Gasteiger partial charge is 0.485 e. The number of imidazole rings is 1. The third-order valence-electron chi connectivity index (χ3n) is 5.11. The molecule has 0 N–H and O–H groups in total. The van der Waals surface area contributed by atoms with Crippen LogP contribution in [0.4, 0.5) is 10.5 Å². The highest BCUT2D eigenvalue weighted by Crippen LogP contribution is 2.42. The number of hydrogen-bond donors (Lipinski definition) is 0. The van der Waals surface area contributed by atoms with E-state index < -0.39 is 0 Å². The van der Waals surface area contributed by atoms with Gasteiger partial charge in [-0.15, -0.1) is 5.10 Å². The van der Waals surface area contributed by atoms with Gasteiger partial charge in [0.05, 0.1) is 17.6 Å². The molecule has 0 radical (unpaired) electrons. The van der Waals surface area contributed by atoms with E-state index in [1.54, 1.807) is 6.07 Å². The molecule has 9 nitrogen and oxygen atoms in total. The average Bonchev–Trinajstić information content (AvgIpc) is 3.42. The molecule has 1 aliphatic carbocycles. The van der Waals surface area contributed by atoms with E-state index in [1.807, 2.05) is 22.9 Å². The molecule has 10 heteroatoms. The maximum absolute atomic E-state index is 12.5. The SMILES string of the molecule is CN1C(=O)CN(c2cc(C3CC3)cn3cc(COc4cnnc(Cl)c4)nc23)C1=O. The lowest BCUT2D eigenvalue weighted by Gasteiger charge is -2.17. The van der Waals surface area contributed by atoms with Crippen LogP contribution in [-0.4, -0.2) is 50.0 Å². The van der Waals surface area contributed by atoms with Crippen molar-refractivity contribution in [1.82, 2.24) is 24.5 Å². The van der Waals surface area contributed by atoms with Crippen LogP contribution in [-0.2, 0) is 11.4 Å². The number of aromatic nitrogens is 4. The average molecular weight is 413 g/mol. The van der Waals surface area contributed by atoms with Crippen LogP contribution in [0.5, 0.6) is 5.75 Å². The molecule has 29 heavy (non-hydrogen) atoms. The Bertz CT molecular complexity index is 1140. The molecule has 1 saturated heterocycles. The summed E-state index contributed by atoms with van der Waals surface area (Å²) >= 11 is 5.83. The number of hydrogen-bond acceptors (Lipinski definition) is 6. The molecule has 0 spiro atoms. The van der Waals surface area contributed by atoms with Gasteiger partial charge in [-0.1, -0.05) is 11.6 Å². The Morgan fingerprint density at radius 1 is 1.24 bits per heavy atom. The number of halogens is 1. The third-order valence-corrected chi connectivity index (χ3v) is 5.30. The highest BCUT2D eigenvalue weighted by atomic mass is 35.5. The van der Waals surface area contributed by atoms with Crippen LogP contribution in [0.1, 0.15) is 30.0 Å². The number of carbonyl (C=O) groups excluding carboxylic acids is 2. The number of nitrogens with zero attached hydrogens (tertiary/aromatic N) is 6. The fourth-order valence-electron chi connectivity index (χ4n) is 3.41. The molecule has 3 aromatic heterocycles. The smallest absolute Gasteiger partial charge is 0.331 e. The number of imide groups is 1. The molecule has 3 amide bonds. The van der Waals surface area contributed by atoms with Crippen molar-refractivity contribution in [2.75, 3.05) is 18.5 Å². The van der Waals surface area contributed by atoms with Crippen LogP contribution in [0, 0.1) is 0 Å². The van der Waals surface area contributed by atoms with Crippen LogP contribution in [0.25, 0.3) is 5.65 Å². The number of carbonyl (C=O) groups is 2. The number of likely N-dealkylation sites (N-methyl/N-ethyl adjacent to an activating group) is 1. The van der Waals surface area contributed by atoms with Crippen molar-refractivity contribution >= 4 is 34.9 Å².